The standard InChI is InChI=1S/C20H36N10O9/c21-9(3-1-5-26-19(22)23)15(35)29-11(7-13(31)32)17(37)28-10(4-2-6-27-20(24)25)16(36)30-12(18(38)39)8-14(33)34/h9-12H,1-8,21H2,(H,28,37)(H,29,35)(H,30,36)(H,31,32)(H,33,34)(H,38,39)(H4,22,23,26)(H4,24,25,27)/t9-,10-,11-,12-/m0/s1. The Bertz CT molecular complexity index is 930. The Hall–Kier alpha value is -4.68. The molecular weight excluding hydrogens is 524 g/mol. The molecule has 0 radical (unpaired) electrons. The van der Waals surface area contributed by atoms with E-state index in [9.17, 15) is 39.0 Å². The maximum absolute atomic E-state index is 12.9. The highest BCUT2D eigenvalue weighted by molar-refractivity contribution is 5.96. The van der Waals surface area contributed by atoms with Gasteiger partial charge in [-0.05, 0) is 25.7 Å². The third kappa shape index (κ3) is 15.9. The SMILES string of the molecule is N=C(N)NCCC[C@H](NC(=O)[C@H](CC(=O)O)NC(=O)[C@@H](N)CCCNC(=N)N)C(=O)N[C@@H](CC(=O)O)C(=O)O. The predicted octanol–water partition coefficient (Wildman–Crippen LogP) is -4.67. The first kappa shape index (κ1) is 34.3. The van der Waals surface area contributed by atoms with Crippen LogP contribution in [0.5, 0.6) is 0 Å². The van der Waals surface area contributed by atoms with Crippen molar-refractivity contribution in [2.24, 2.45) is 17.2 Å². The summed E-state index contributed by atoms with van der Waals surface area (Å²) in [5, 5.41) is 52.9. The molecule has 3 amide bonds. The highest BCUT2D eigenvalue weighted by Crippen LogP contribution is 2.04. The second-order valence-electron chi connectivity index (χ2n) is 8.29. The Balaban J connectivity index is 5.54. The Morgan fingerprint density at radius 3 is 1.51 bits per heavy atom. The Morgan fingerprint density at radius 1 is 0.641 bits per heavy atom. The predicted molar refractivity (Wildman–Crippen MR) is 134 cm³/mol. The number of amides is 3. The zero-order valence-electron chi connectivity index (χ0n) is 21.0. The van der Waals surface area contributed by atoms with Crippen LogP contribution in [-0.4, -0.2) is 100 Å². The molecule has 0 aromatic carbocycles. The molecular formula is C20H36N10O9. The summed E-state index contributed by atoms with van der Waals surface area (Å²) in [5.74, 6) is -8.29. The fraction of sp³-hybridized carbons (Fsp3) is 0.600. The quantitative estimate of drug-likeness (QED) is 0.0401. The molecule has 0 aliphatic heterocycles. The second-order valence-corrected chi connectivity index (χ2v) is 8.29. The minimum Gasteiger partial charge on any atom is -0.481 e. The average molecular weight is 561 g/mol. The van der Waals surface area contributed by atoms with Crippen molar-refractivity contribution in [2.75, 3.05) is 13.1 Å². The van der Waals surface area contributed by atoms with Gasteiger partial charge in [-0.3, -0.25) is 34.8 Å². The van der Waals surface area contributed by atoms with Gasteiger partial charge in [0.2, 0.25) is 17.7 Å². The number of aliphatic carboxylic acids is 3. The van der Waals surface area contributed by atoms with Gasteiger partial charge in [0.15, 0.2) is 11.9 Å². The molecule has 0 fully saturated rings. The van der Waals surface area contributed by atoms with Gasteiger partial charge in [-0.25, -0.2) is 4.79 Å². The van der Waals surface area contributed by atoms with Crippen molar-refractivity contribution in [3.05, 3.63) is 0 Å². The van der Waals surface area contributed by atoms with E-state index in [1.165, 1.54) is 0 Å². The number of carboxylic acids is 3. The molecule has 0 bridgehead atoms. The molecule has 4 atom stereocenters. The summed E-state index contributed by atoms with van der Waals surface area (Å²) < 4.78 is 0. The van der Waals surface area contributed by atoms with Gasteiger partial charge in [0.25, 0.3) is 0 Å². The van der Waals surface area contributed by atoms with E-state index in [-0.39, 0.29) is 44.3 Å². The van der Waals surface area contributed by atoms with Crippen LogP contribution in [0.15, 0.2) is 0 Å². The summed E-state index contributed by atoms with van der Waals surface area (Å²) >= 11 is 0. The number of nitrogens with two attached hydrogens (primary N) is 3. The van der Waals surface area contributed by atoms with Crippen molar-refractivity contribution in [3.63, 3.8) is 0 Å². The van der Waals surface area contributed by atoms with Crippen LogP contribution in [0, 0.1) is 10.8 Å². The Labute approximate surface area is 222 Å². The molecule has 16 N–H and O–H groups in total. The normalized spacial score (nSPS) is 13.5. The van der Waals surface area contributed by atoms with Gasteiger partial charge in [0.05, 0.1) is 18.9 Å². The minimum atomic E-state index is -1.82. The van der Waals surface area contributed by atoms with Crippen molar-refractivity contribution >= 4 is 47.5 Å². The topological polar surface area (TPSA) is 349 Å². The minimum absolute atomic E-state index is 0.0785. The molecule has 0 aliphatic carbocycles. The first-order valence-corrected chi connectivity index (χ1v) is 11.6. The zero-order valence-corrected chi connectivity index (χ0v) is 21.0. The summed E-state index contributed by atoms with van der Waals surface area (Å²) in [7, 11) is 0. The molecule has 0 unspecified atom stereocenters. The van der Waals surface area contributed by atoms with Crippen LogP contribution in [0.1, 0.15) is 38.5 Å². The molecule has 0 aliphatic rings. The van der Waals surface area contributed by atoms with E-state index in [1.807, 2.05) is 5.32 Å². The lowest BCUT2D eigenvalue weighted by Crippen LogP contribution is -2.57. The molecule has 39 heavy (non-hydrogen) atoms. The number of hydrogen-bond acceptors (Lipinski definition) is 9. The smallest absolute Gasteiger partial charge is 0.326 e. The van der Waals surface area contributed by atoms with E-state index in [1.54, 1.807) is 0 Å². The van der Waals surface area contributed by atoms with Gasteiger partial charge < -0.3 is 59.1 Å². The van der Waals surface area contributed by atoms with E-state index in [0.717, 1.165) is 0 Å². The summed E-state index contributed by atoms with van der Waals surface area (Å²) in [6.07, 6.45) is -1.46. The number of rotatable bonds is 19. The van der Waals surface area contributed by atoms with Gasteiger partial charge in [0, 0.05) is 13.1 Å². The van der Waals surface area contributed by atoms with E-state index in [2.05, 4.69) is 21.3 Å². The van der Waals surface area contributed by atoms with Gasteiger partial charge in [-0.15, -0.1) is 0 Å². The summed E-state index contributed by atoms with van der Waals surface area (Å²) in [4.78, 5) is 71.7. The maximum atomic E-state index is 12.9. The van der Waals surface area contributed by atoms with Crippen molar-refractivity contribution in [2.45, 2.75) is 62.7 Å². The first-order chi connectivity index (χ1) is 18.1. The summed E-state index contributed by atoms with van der Waals surface area (Å²) in [6.45, 7) is 0.318. The van der Waals surface area contributed by atoms with Gasteiger partial charge in [0.1, 0.15) is 18.1 Å². The second kappa shape index (κ2) is 17.7. The van der Waals surface area contributed by atoms with Crippen LogP contribution >= 0.6 is 0 Å². The third-order valence-electron chi connectivity index (χ3n) is 4.97. The summed E-state index contributed by atoms with van der Waals surface area (Å²) in [5.41, 5.74) is 16.1. The largest absolute Gasteiger partial charge is 0.481 e. The Morgan fingerprint density at radius 2 is 1.05 bits per heavy atom. The number of carboxylic acid groups (broad SMARTS) is 3. The van der Waals surface area contributed by atoms with Crippen molar-refractivity contribution < 1.29 is 44.1 Å². The highest BCUT2D eigenvalue weighted by Gasteiger charge is 2.32. The molecule has 220 valence electrons. The fourth-order valence-electron chi connectivity index (χ4n) is 3.06. The van der Waals surface area contributed by atoms with Crippen LogP contribution in [-0.2, 0) is 28.8 Å². The van der Waals surface area contributed by atoms with Crippen LogP contribution in [0.4, 0.5) is 0 Å². The van der Waals surface area contributed by atoms with Gasteiger partial charge in [-0.2, -0.15) is 0 Å². The molecule has 0 saturated heterocycles. The van der Waals surface area contributed by atoms with Crippen molar-refractivity contribution in [1.29, 1.82) is 10.8 Å². The molecule has 0 aromatic rings. The number of nitrogens with one attached hydrogen (secondary N) is 7. The molecule has 0 aromatic heterocycles. The lowest BCUT2D eigenvalue weighted by atomic mass is 10.1. The van der Waals surface area contributed by atoms with E-state index in [4.69, 9.17) is 33.1 Å². The van der Waals surface area contributed by atoms with Crippen molar-refractivity contribution in [3.8, 4) is 0 Å². The first-order valence-electron chi connectivity index (χ1n) is 11.6. The van der Waals surface area contributed by atoms with Crippen LogP contribution in [0.25, 0.3) is 0 Å². The monoisotopic (exact) mass is 560 g/mol. The third-order valence-corrected chi connectivity index (χ3v) is 4.97. The molecule has 0 rings (SSSR count). The lowest BCUT2D eigenvalue weighted by molar-refractivity contribution is -0.147. The van der Waals surface area contributed by atoms with Crippen LogP contribution in [0.2, 0.25) is 0 Å². The fourth-order valence-corrected chi connectivity index (χ4v) is 3.06. The molecule has 0 spiro atoms. The average Bonchev–Trinajstić information content (AvgIpc) is 2.81. The highest BCUT2D eigenvalue weighted by atomic mass is 16.4. The molecule has 0 heterocycles. The van der Waals surface area contributed by atoms with Gasteiger partial charge >= 0.3 is 17.9 Å². The Kier molecular flexibility index (Phi) is 15.6. The zero-order chi connectivity index (χ0) is 30.1. The molecule has 0 saturated carbocycles. The molecule has 19 heteroatoms. The van der Waals surface area contributed by atoms with E-state index < -0.39 is 72.6 Å². The van der Waals surface area contributed by atoms with Crippen molar-refractivity contribution in [1.82, 2.24) is 26.6 Å². The van der Waals surface area contributed by atoms with Gasteiger partial charge in [-0.1, -0.05) is 0 Å². The number of carbonyl (C=O) groups is 6. The maximum Gasteiger partial charge on any atom is 0.326 e. The summed E-state index contributed by atoms with van der Waals surface area (Å²) in [6, 6.07) is -6.11. The number of guanidine groups is 2. The van der Waals surface area contributed by atoms with E-state index in [0.29, 0.717) is 6.42 Å². The lowest BCUT2D eigenvalue weighted by Gasteiger charge is -2.24. The van der Waals surface area contributed by atoms with E-state index >= 15 is 0 Å². The number of carbonyl (C=O) groups excluding carboxylic acids is 3. The molecule has 19 nitrogen and oxygen atoms in total. The van der Waals surface area contributed by atoms with Crippen LogP contribution in [0.3, 0.4) is 0 Å². The number of hydrogen-bond donors (Lipinski definition) is 13. The van der Waals surface area contributed by atoms with Crippen LogP contribution < -0.4 is 43.8 Å².